The van der Waals surface area contributed by atoms with Crippen LogP contribution < -0.4 is 0 Å². The number of rotatable bonds is 25. The highest BCUT2D eigenvalue weighted by atomic mass is 28.4. The Morgan fingerprint density at radius 3 is 0.967 bits per heavy atom. The van der Waals surface area contributed by atoms with Gasteiger partial charge in [0.2, 0.25) is 0 Å². The van der Waals surface area contributed by atoms with E-state index in [2.05, 4.69) is 27.7 Å². The van der Waals surface area contributed by atoms with E-state index in [9.17, 15) is 0 Å². The first kappa shape index (κ1) is 30.1. The lowest BCUT2D eigenvalue weighted by Crippen LogP contribution is -2.41. The quantitative estimate of drug-likeness (QED) is 0.103. The Bertz CT molecular complexity index is 318. The molecule has 30 heavy (non-hydrogen) atoms. The predicted molar refractivity (Wildman–Crippen MR) is 138 cm³/mol. The number of unbranched alkanes of at least 4 members (excludes halogenated alkanes) is 17. The summed E-state index contributed by atoms with van der Waals surface area (Å²) in [5.41, 5.74) is 0. The molecule has 0 aromatic carbocycles. The van der Waals surface area contributed by atoms with Gasteiger partial charge in [0.25, 0.3) is 0 Å². The van der Waals surface area contributed by atoms with Crippen molar-refractivity contribution in [3.05, 3.63) is 0 Å². The molecule has 0 spiro atoms. The molecule has 0 saturated heterocycles. The summed E-state index contributed by atoms with van der Waals surface area (Å²) in [5, 5.41) is 0. The van der Waals surface area contributed by atoms with Crippen molar-refractivity contribution < 1.29 is 8.85 Å². The Labute approximate surface area is 192 Å². The van der Waals surface area contributed by atoms with Crippen LogP contribution in [0.5, 0.6) is 0 Å². The van der Waals surface area contributed by atoms with Crippen LogP contribution in [0.25, 0.3) is 0 Å². The second-order valence-corrected chi connectivity index (χ2v) is 13.1. The summed E-state index contributed by atoms with van der Waals surface area (Å²) in [6.07, 6.45) is 26.4. The molecular weight excluding hydrogens is 384 g/mol. The Hall–Kier alpha value is 0.137. The minimum absolute atomic E-state index is 0.903. The SMILES string of the molecule is CCCCCCCCCCCCCCCCCCO[Si](CC)(CC)OCCCCC. The fourth-order valence-electron chi connectivity index (χ4n) is 4.22. The van der Waals surface area contributed by atoms with Gasteiger partial charge in [0.15, 0.2) is 0 Å². The number of hydrogen-bond donors (Lipinski definition) is 0. The molecule has 0 aliphatic heterocycles. The lowest BCUT2D eigenvalue weighted by atomic mass is 10.0. The highest BCUT2D eigenvalue weighted by molar-refractivity contribution is 6.67. The molecule has 0 aromatic heterocycles. The fourth-order valence-corrected chi connectivity index (χ4v) is 6.65. The van der Waals surface area contributed by atoms with Gasteiger partial charge in [-0.3, -0.25) is 0 Å². The molecule has 0 saturated carbocycles. The Morgan fingerprint density at radius 1 is 0.367 bits per heavy atom. The molecule has 0 amide bonds. The number of hydrogen-bond acceptors (Lipinski definition) is 2. The zero-order valence-electron chi connectivity index (χ0n) is 21.6. The largest absolute Gasteiger partial charge is 0.394 e. The zero-order chi connectivity index (χ0) is 22.2. The summed E-state index contributed by atoms with van der Waals surface area (Å²) >= 11 is 0. The maximum absolute atomic E-state index is 6.34. The van der Waals surface area contributed by atoms with Crippen LogP contribution in [0.15, 0.2) is 0 Å². The molecule has 0 bridgehead atoms. The average Bonchev–Trinajstić information content (AvgIpc) is 2.77. The monoisotopic (exact) mass is 442 g/mol. The normalized spacial score (nSPS) is 12.0. The van der Waals surface area contributed by atoms with Crippen LogP contribution in [0.4, 0.5) is 0 Å². The second-order valence-electron chi connectivity index (χ2n) is 9.33. The van der Waals surface area contributed by atoms with Crippen molar-refractivity contribution in [1.29, 1.82) is 0 Å². The van der Waals surface area contributed by atoms with Gasteiger partial charge in [-0.25, -0.2) is 0 Å². The summed E-state index contributed by atoms with van der Waals surface area (Å²) in [7, 11) is -1.90. The lowest BCUT2D eigenvalue weighted by Gasteiger charge is -2.29. The van der Waals surface area contributed by atoms with Crippen molar-refractivity contribution >= 4 is 8.56 Å². The van der Waals surface area contributed by atoms with E-state index in [1.807, 2.05) is 0 Å². The van der Waals surface area contributed by atoms with E-state index in [0.717, 1.165) is 25.3 Å². The van der Waals surface area contributed by atoms with Gasteiger partial charge in [-0.15, -0.1) is 0 Å². The molecule has 0 radical (unpaired) electrons. The standard InChI is InChI=1S/C27H58O2Si/c1-5-9-11-12-13-14-15-16-17-18-19-20-21-22-23-25-27-29-30(7-3,8-4)28-26-24-10-6-2/h5-27H2,1-4H3. The summed E-state index contributed by atoms with van der Waals surface area (Å²) < 4.78 is 12.6. The molecule has 2 nitrogen and oxygen atoms in total. The second kappa shape index (κ2) is 23.8. The van der Waals surface area contributed by atoms with Gasteiger partial charge in [-0.1, -0.05) is 137 Å². The van der Waals surface area contributed by atoms with E-state index in [1.165, 1.54) is 122 Å². The summed E-state index contributed by atoms with van der Waals surface area (Å²) in [5.74, 6) is 0. The Morgan fingerprint density at radius 2 is 0.633 bits per heavy atom. The average molecular weight is 443 g/mol. The summed E-state index contributed by atoms with van der Waals surface area (Å²) in [6.45, 7) is 10.9. The van der Waals surface area contributed by atoms with Gasteiger partial charge in [0.1, 0.15) is 0 Å². The minimum atomic E-state index is -1.90. The highest BCUT2D eigenvalue weighted by Crippen LogP contribution is 2.20. The molecule has 0 aliphatic rings. The van der Waals surface area contributed by atoms with Crippen molar-refractivity contribution in [1.82, 2.24) is 0 Å². The maximum atomic E-state index is 6.34. The third-order valence-electron chi connectivity index (χ3n) is 6.55. The van der Waals surface area contributed by atoms with E-state index in [0.29, 0.717) is 0 Å². The van der Waals surface area contributed by atoms with Crippen LogP contribution in [-0.4, -0.2) is 21.8 Å². The van der Waals surface area contributed by atoms with Gasteiger partial charge >= 0.3 is 8.56 Å². The third-order valence-corrected chi connectivity index (χ3v) is 10.2. The first-order chi connectivity index (χ1) is 14.7. The summed E-state index contributed by atoms with van der Waals surface area (Å²) in [6, 6.07) is 2.18. The molecule has 0 aliphatic carbocycles. The Kier molecular flexibility index (Phi) is 23.9. The summed E-state index contributed by atoms with van der Waals surface area (Å²) in [4.78, 5) is 0. The Balaban J connectivity index is 3.41. The fraction of sp³-hybridized carbons (Fsp3) is 1.00. The van der Waals surface area contributed by atoms with E-state index >= 15 is 0 Å². The van der Waals surface area contributed by atoms with Gasteiger partial charge < -0.3 is 8.85 Å². The molecule has 0 aromatic rings. The zero-order valence-corrected chi connectivity index (χ0v) is 22.6. The highest BCUT2D eigenvalue weighted by Gasteiger charge is 2.33. The van der Waals surface area contributed by atoms with E-state index < -0.39 is 8.56 Å². The van der Waals surface area contributed by atoms with Crippen LogP contribution in [0.2, 0.25) is 12.1 Å². The smallest absolute Gasteiger partial charge is 0.337 e. The van der Waals surface area contributed by atoms with Crippen molar-refractivity contribution in [3.63, 3.8) is 0 Å². The molecule has 0 heterocycles. The molecule has 0 N–H and O–H groups in total. The molecule has 0 atom stereocenters. The maximum Gasteiger partial charge on any atom is 0.337 e. The first-order valence-corrected chi connectivity index (χ1v) is 16.3. The van der Waals surface area contributed by atoms with Crippen LogP contribution >= 0.6 is 0 Å². The molecule has 0 unspecified atom stereocenters. The van der Waals surface area contributed by atoms with E-state index in [4.69, 9.17) is 8.85 Å². The third kappa shape index (κ3) is 18.9. The van der Waals surface area contributed by atoms with Gasteiger partial charge in [0.05, 0.1) is 0 Å². The predicted octanol–water partition coefficient (Wildman–Crippen LogP) is 9.95. The van der Waals surface area contributed by atoms with Gasteiger partial charge in [-0.05, 0) is 24.9 Å². The molecule has 0 fully saturated rings. The van der Waals surface area contributed by atoms with Crippen LogP contribution in [0.1, 0.15) is 150 Å². The van der Waals surface area contributed by atoms with Crippen LogP contribution in [0.3, 0.4) is 0 Å². The van der Waals surface area contributed by atoms with Crippen molar-refractivity contribution in [3.8, 4) is 0 Å². The van der Waals surface area contributed by atoms with Crippen molar-refractivity contribution in [2.75, 3.05) is 13.2 Å². The van der Waals surface area contributed by atoms with Crippen LogP contribution in [-0.2, 0) is 8.85 Å². The van der Waals surface area contributed by atoms with Gasteiger partial charge in [-0.2, -0.15) is 0 Å². The van der Waals surface area contributed by atoms with Crippen LogP contribution in [0, 0.1) is 0 Å². The van der Waals surface area contributed by atoms with Gasteiger partial charge in [0, 0.05) is 13.2 Å². The van der Waals surface area contributed by atoms with Crippen molar-refractivity contribution in [2.45, 2.75) is 162 Å². The van der Waals surface area contributed by atoms with E-state index in [-0.39, 0.29) is 0 Å². The lowest BCUT2D eigenvalue weighted by molar-refractivity contribution is 0.163. The topological polar surface area (TPSA) is 18.5 Å². The molecule has 3 heteroatoms. The molecular formula is C27H58O2Si. The van der Waals surface area contributed by atoms with Crippen molar-refractivity contribution in [2.24, 2.45) is 0 Å². The first-order valence-electron chi connectivity index (χ1n) is 14.0. The molecule has 182 valence electrons. The molecule has 0 rings (SSSR count). The minimum Gasteiger partial charge on any atom is -0.394 e. The van der Waals surface area contributed by atoms with E-state index in [1.54, 1.807) is 0 Å².